The lowest BCUT2D eigenvalue weighted by molar-refractivity contribution is 0.465. The number of fused-ring (bicyclic) bond motifs is 2. The number of hydrogen-bond donors (Lipinski definition) is 0. The van der Waals surface area contributed by atoms with Crippen LogP contribution in [0.15, 0.2) is 59.3 Å². The van der Waals surface area contributed by atoms with E-state index in [0.29, 0.717) is 0 Å². The minimum Gasteiger partial charge on any atom is -0.528 e. The van der Waals surface area contributed by atoms with Crippen molar-refractivity contribution in [3.63, 3.8) is 0 Å². The topological polar surface area (TPSA) is 18.5 Å². The zero-order valence-corrected chi connectivity index (χ0v) is 12.7. The fourth-order valence-corrected chi connectivity index (χ4v) is 3.95. The maximum absolute atomic E-state index is 5.79. The number of rotatable bonds is 4. The lowest BCUT2D eigenvalue weighted by atomic mass is 10.2. The van der Waals surface area contributed by atoms with Crippen LogP contribution in [-0.2, 0) is 0 Å². The van der Waals surface area contributed by atoms with Gasteiger partial charge in [-0.3, -0.25) is 0 Å². The summed E-state index contributed by atoms with van der Waals surface area (Å²) in [6.07, 6.45) is 0. The summed E-state index contributed by atoms with van der Waals surface area (Å²) in [6.45, 7) is 0. The summed E-state index contributed by atoms with van der Waals surface area (Å²) in [5.41, 5.74) is 0. The molecule has 0 saturated carbocycles. The first-order valence-corrected chi connectivity index (χ1v) is 8.36. The van der Waals surface area contributed by atoms with E-state index >= 15 is 0 Å². The third-order valence-corrected chi connectivity index (χ3v) is 5.10. The van der Waals surface area contributed by atoms with Gasteiger partial charge in [0.15, 0.2) is 0 Å². The van der Waals surface area contributed by atoms with Crippen LogP contribution < -0.4 is 9.31 Å². The molecule has 102 valence electrons. The summed E-state index contributed by atoms with van der Waals surface area (Å²) in [5, 5.41) is 6.43. The largest absolute Gasteiger partial charge is 0.576 e. The van der Waals surface area contributed by atoms with Gasteiger partial charge in [0.2, 0.25) is 0 Å². The summed E-state index contributed by atoms with van der Waals surface area (Å²) in [6, 6.07) is 16.3. The van der Waals surface area contributed by atoms with Gasteiger partial charge in [-0.05, 0) is 47.2 Å². The molecule has 0 aliphatic carbocycles. The van der Waals surface area contributed by atoms with Crippen molar-refractivity contribution in [2.45, 2.75) is 0 Å². The molecule has 0 saturated heterocycles. The number of benzene rings is 2. The Labute approximate surface area is 130 Å². The van der Waals surface area contributed by atoms with Crippen LogP contribution >= 0.6 is 22.7 Å². The van der Waals surface area contributed by atoms with Gasteiger partial charge in [0, 0.05) is 20.2 Å². The lowest BCUT2D eigenvalue weighted by Crippen LogP contribution is -2.11. The van der Waals surface area contributed by atoms with Crippen LogP contribution in [0.3, 0.4) is 0 Å². The van der Waals surface area contributed by atoms with E-state index in [2.05, 4.69) is 35.0 Å². The highest BCUT2D eigenvalue weighted by Crippen LogP contribution is 2.31. The van der Waals surface area contributed by atoms with Gasteiger partial charge in [-0.1, -0.05) is 12.1 Å². The van der Waals surface area contributed by atoms with Crippen LogP contribution in [0.5, 0.6) is 11.5 Å². The SMILES string of the molecule is B(Oc1cccc2sccc12)Oc1cccc2sccc12. The molecule has 2 heterocycles. The zero-order chi connectivity index (χ0) is 14.1. The van der Waals surface area contributed by atoms with E-state index in [1.165, 1.54) is 9.40 Å². The molecule has 0 N–H and O–H groups in total. The van der Waals surface area contributed by atoms with Gasteiger partial charge in [-0.15, -0.1) is 22.7 Å². The van der Waals surface area contributed by atoms with Gasteiger partial charge in [0.1, 0.15) is 11.5 Å². The highest BCUT2D eigenvalue weighted by atomic mass is 32.1. The quantitative estimate of drug-likeness (QED) is 0.502. The molecule has 0 spiro atoms. The van der Waals surface area contributed by atoms with E-state index in [9.17, 15) is 0 Å². The highest BCUT2D eigenvalue weighted by molar-refractivity contribution is 7.17. The van der Waals surface area contributed by atoms with Crippen LogP contribution in [0.1, 0.15) is 0 Å². The molecule has 0 bridgehead atoms. The molecule has 0 fully saturated rings. The van der Waals surface area contributed by atoms with Crippen molar-refractivity contribution in [3.05, 3.63) is 59.3 Å². The number of thiophene rings is 2. The van der Waals surface area contributed by atoms with Crippen molar-refractivity contribution in [3.8, 4) is 11.5 Å². The van der Waals surface area contributed by atoms with Gasteiger partial charge < -0.3 is 9.31 Å². The van der Waals surface area contributed by atoms with Gasteiger partial charge in [-0.2, -0.15) is 0 Å². The summed E-state index contributed by atoms with van der Waals surface area (Å²) < 4.78 is 14.0. The van der Waals surface area contributed by atoms with Crippen molar-refractivity contribution in [2.24, 2.45) is 0 Å². The Morgan fingerprint density at radius 3 is 1.71 bits per heavy atom. The molecule has 2 nitrogen and oxygen atoms in total. The minimum atomic E-state index is 0.212. The van der Waals surface area contributed by atoms with Crippen molar-refractivity contribution in [2.75, 3.05) is 0 Å². The third kappa shape index (κ3) is 2.39. The molecule has 0 amide bonds. The van der Waals surface area contributed by atoms with E-state index in [1.54, 1.807) is 22.7 Å². The molecule has 0 aliphatic heterocycles. The molecule has 2 aromatic carbocycles. The Kier molecular flexibility index (Phi) is 3.29. The van der Waals surface area contributed by atoms with Gasteiger partial charge in [0.05, 0.1) is 0 Å². The Hall–Kier alpha value is -1.98. The third-order valence-electron chi connectivity index (χ3n) is 3.34. The van der Waals surface area contributed by atoms with Crippen LogP contribution in [0.4, 0.5) is 0 Å². The molecule has 0 unspecified atom stereocenters. The lowest BCUT2D eigenvalue weighted by Gasteiger charge is -2.09. The first-order valence-electron chi connectivity index (χ1n) is 6.60. The average molecular weight is 310 g/mol. The monoisotopic (exact) mass is 310 g/mol. The highest BCUT2D eigenvalue weighted by Gasteiger charge is 2.07. The molecule has 4 aromatic rings. The molecule has 4 rings (SSSR count). The second-order valence-electron chi connectivity index (χ2n) is 4.58. The summed E-state index contributed by atoms with van der Waals surface area (Å²) in [5.74, 6) is 1.73. The first-order chi connectivity index (χ1) is 10.4. The maximum Gasteiger partial charge on any atom is 0.576 e. The van der Waals surface area contributed by atoms with Crippen molar-refractivity contribution in [1.29, 1.82) is 0 Å². The molecular weight excluding hydrogens is 299 g/mol. The van der Waals surface area contributed by atoms with Crippen LogP contribution in [-0.4, -0.2) is 7.69 Å². The van der Waals surface area contributed by atoms with E-state index < -0.39 is 0 Å². The number of hydrogen-bond acceptors (Lipinski definition) is 4. The summed E-state index contributed by atoms with van der Waals surface area (Å²) in [7, 11) is 0.212. The minimum absolute atomic E-state index is 0.212. The standard InChI is InChI=1S/C16H11BO2S2/c1-3-13(11-7-9-20-15(11)5-1)18-17-19-14-4-2-6-16-12(14)8-10-21-16/h1-10,17H. The van der Waals surface area contributed by atoms with Gasteiger partial charge in [0.25, 0.3) is 0 Å². The fraction of sp³-hybridized carbons (Fsp3) is 0. The molecular formula is C16H11BO2S2. The predicted octanol–water partition coefficient (Wildman–Crippen LogP) is 4.84. The Morgan fingerprint density at radius 1 is 0.667 bits per heavy atom. The summed E-state index contributed by atoms with van der Waals surface area (Å²) in [4.78, 5) is 0. The molecule has 21 heavy (non-hydrogen) atoms. The molecule has 0 atom stereocenters. The Bertz CT molecular complexity index is 823. The van der Waals surface area contributed by atoms with Crippen LogP contribution in [0, 0.1) is 0 Å². The van der Waals surface area contributed by atoms with Gasteiger partial charge >= 0.3 is 7.69 Å². The van der Waals surface area contributed by atoms with E-state index in [4.69, 9.17) is 9.31 Å². The van der Waals surface area contributed by atoms with Gasteiger partial charge in [-0.25, -0.2) is 0 Å². The second-order valence-corrected chi connectivity index (χ2v) is 6.48. The molecule has 2 aromatic heterocycles. The maximum atomic E-state index is 5.79. The second kappa shape index (κ2) is 5.43. The average Bonchev–Trinajstić information content (AvgIpc) is 3.16. The summed E-state index contributed by atoms with van der Waals surface area (Å²) >= 11 is 3.43. The predicted molar refractivity (Wildman–Crippen MR) is 92.1 cm³/mol. The fourth-order valence-electron chi connectivity index (χ4n) is 2.34. The molecule has 0 aliphatic rings. The Balaban J connectivity index is 1.53. The van der Waals surface area contributed by atoms with Crippen molar-refractivity contribution >= 4 is 50.5 Å². The molecule has 5 heteroatoms. The van der Waals surface area contributed by atoms with Crippen molar-refractivity contribution in [1.82, 2.24) is 0 Å². The van der Waals surface area contributed by atoms with Crippen LogP contribution in [0.25, 0.3) is 20.2 Å². The Morgan fingerprint density at radius 2 is 1.19 bits per heavy atom. The van der Waals surface area contributed by atoms with E-state index in [-0.39, 0.29) is 7.69 Å². The zero-order valence-electron chi connectivity index (χ0n) is 11.1. The van der Waals surface area contributed by atoms with Crippen LogP contribution in [0.2, 0.25) is 0 Å². The van der Waals surface area contributed by atoms with E-state index in [1.807, 2.05) is 24.3 Å². The first kappa shape index (κ1) is 12.7. The molecule has 0 radical (unpaired) electrons. The smallest absolute Gasteiger partial charge is 0.528 e. The van der Waals surface area contributed by atoms with E-state index in [0.717, 1.165) is 22.3 Å². The normalized spacial score (nSPS) is 10.9. The van der Waals surface area contributed by atoms with Crippen molar-refractivity contribution < 1.29 is 9.31 Å².